The Kier molecular flexibility index (Phi) is 8.02. The molecule has 6 aromatic rings. The molecular formula is C46H42N4. The van der Waals surface area contributed by atoms with Gasteiger partial charge in [0, 0.05) is 52.4 Å². The molecule has 1 N–H and O–H groups in total. The highest BCUT2D eigenvalue weighted by Crippen LogP contribution is 2.49. The van der Waals surface area contributed by atoms with Gasteiger partial charge in [-0.1, -0.05) is 97.6 Å². The fourth-order valence-corrected chi connectivity index (χ4v) is 8.64. The lowest BCUT2D eigenvalue weighted by atomic mass is 9.69. The van der Waals surface area contributed by atoms with Gasteiger partial charge in [-0.2, -0.15) is 5.26 Å². The number of fused-ring (bicyclic) bond motifs is 4. The van der Waals surface area contributed by atoms with Crippen LogP contribution in [0.5, 0.6) is 0 Å². The predicted octanol–water partition coefficient (Wildman–Crippen LogP) is 10.7. The second-order valence-electron chi connectivity index (χ2n) is 13.9. The molecular weight excluding hydrogens is 609 g/mol. The van der Waals surface area contributed by atoms with Crippen LogP contribution < -0.4 is 10.2 Å². The third-order valence-corrected chi connectivity index (χ3v) is 11.2. The van der Waals surface area contributed by atoms with Crippen molar-refractivity contribution < 1.29 is 0 Å². The molecule has 0 unspecified atom stereocenters. The van der Waals surface area contributed by atoms with Crippen molar-refractivity contribution in [3.8, 4) is 34.0 Å². The van der Waals surface area contributed by atoms with E-state index in [4.69, 9.17) is 0 Å². The molecule has 0 saturated heterocycles. The van der Waals surface area contributed by atoms with Gasteiger partial charge in [0.25, 0.3) is 0 Å². The molecule has 2 heterocycles. The fraction of sp³-hybridized carbons (Fsp3) is 0.196. The molecule has 4 nitrogen and oxygen atoms in total. The quantitative estimate of drug-likeness (QED) is 0.175. The number of benzene rings is 5. The van der Waals surface area contributed by atoms with E-state index in [1.807, 2.05) is 19.2 Å². The van der Waals surface area contributed by atoms with E-state index in [2.05, 4.69) is 157 Å². The number of para-hydroxylation sites is 2. The summed E-state index contributed by atoms with van der Waals surface area (Å²) in [5.74, 6) is 0.233. The Hall–Kier alpha value is -5.63. The molecule has 2 atom stereocenters. The highest BCUT2D eigenvalue weighted by molar-refractivity contribution is 5.95. The number of nitrogens with one attached hydrogen (secondary N) is 1. The largest absolute Gasteiger partial charge is 0.361 e. The lowest BCUT2D eigenvalue weighted by Gasteiger charge is -2.53. The van der Waals surface area contributed by atoms with Crippen LogP contribution in [0.2, 0.25) is 0 Å². The zero-order chi connectivity index (χ0) is 34.4. The van der Waals surface area contributed by atoms with Crippen LogP contribution in [0.4, 0.5) is 5.69 Å². The summed E-state index contributed by atoms with van der Waals surface area (Å²) in [5.41, 5.74) is 15.1. The second-order valence-corrected chi connectivity index (χ2v) is 13.9. The standard InChI is InChI=1S/C46H42N4/c1-5-43-31(2)37-14-8-9-19-44(37)50(43)45-39(16-12-17-40(45)38-15-7-6-13-34(38)29-48-4)33-22-24-36(25-23-33)49-30-35-21-20-32(28-47)27-41(35)42-18-10-11-26-46(42,49)3/h5-10,12-25,27,42,48H,1,11,26,29-30H2,2-4H3/t42-,46-/m1/s1. The average molecular weight is 651 g/mol. The minimum Gasteiger partial charge on any atom is -0.361 e. The monoisotopic (exact) mass is 650 g/mol. The maximum Gasteiger partial charge on any atom is 0.0991 e. The van der Waals surface area contributed by atoms with Crippen LogP contribution in [-0.2, 0) is 13.1 Å². The summed E-state index contributed by atoms with van der Waals surface area (Å²) in [5, 5.41) is 14.3. The number of aryl methyl sites for hydroxylation is 1. The van der Waals surface area contributed by atoms with Gasteiger partial charge in [0.2, 0.25) is 0 Å². The van der Waals surface area contributed by atoms with Crippen LogP contribution in [0.15, 0.2) is 128 Å². The summed E-state index contributed by atoms with van der Waals surface area (Å²) in [6.07, 6.45) is 8.80. The maximum atomic E-state index is 9.66. The van der Waals surface area contributed by atoms with E-state index < -0.39 is 0 Å². The Balaban J connectivity index is 1.30. The van der Waals surface area contributed by atoms with Gasteiger partial charge in [-0.05, 0) is 104 Å². The molecule has 4 heteroatoms. The molecule has 50 heavy (non-hydrogen) atoms. The number of hydrogen-bond acceptors (Lipinski definition) is 3. The minimum absolute atomic E-state index is 0.0834. The van der Waals surface area contributed by atoms with Gasteiger partial charge in [-0.15, -0.1) is 0 Å². The third kappa shape index (κ3) is 5.00. The first-order valence-electron chi connectivity index (χ1n) is 17.6. The molecule has 1 aliphatic carbocycles. The number of anilines is 1. The van der Waals surface area contributed by atoms with Gasteiger partial charge in [0.05, 0.1) is 22.8 Å². The third-order valence-electron chi connectivity index (χ3n) is 11.2. The summed E-state index contributed by atoms with van der Waals surface area (Å²) in [6, 6.07) is 41.9. The van der Waals surface area contributed by atoms with E-state index in [0.29, 0.717) is 0 Å². The van der Waals surface area contributed by atoms with Crippen LogP contribution in [-0.4, -0.2) is 17.2 Å². The second kappa shape index (κ2) is 12.7. The molecule has 0 spiro atoms. The number of aromatic nitrogens is 1. The fourth-order valence-electron chi connectivity index (χ4n) is 8.64. The van der Waals surface area contributed by atoms with Gasteiger partial charge in [0.15, 0.2) is 0 Å². The van der Waals surface area contributed by atoms with Crippen molar-refractivity contribution in [3.05, 3.63) is 161 Å². The first-order valence-corrected chi connectivity index (χ1v) is 17.6. The van der Waals surface area contributed by atoms with Gasteiger partial charge in [-0.3, -0.25) is 0 Å². The Bertz CT molecular complexity index is 2330. The van der Waals surface area contributed by atoms with Gasteiger partial charge < -0.3 is 14.8 Å². The molecule has 246 valence electrons. The van der Waals surface area contributed by atoms with Crippen LogP contribution in [0.3, 0.4) is 0 Å². The molecule has 0 fully saturated rings. The predicted molar refractivity (Wildman–Crippen MR) is 209 cm³/mol. The minimum atomic E-state index is -0.0834. The number of rotatable bonds is 7. The Morgan fingerprint density at radius 3 is 2.48 bits per heavy atom. The molecule has 1 aromatic heterocycles. The lowest BCUT2D eigenvalue weighted by molar-refractivity contribution is 0.325. The van der Waals surface area contributed by atoms with Crippen LogP contribution in [0.25, 0.3) is 44.9 Å². The summed E-state index contributed by atoms with van der Waals surface area (Å²) in [4.78, 5) is 2.60. The van der Waals surface area contributed by atoms with E-state index in [1.165, 1.54) is 61.1 Å². The summed E-state index contributed by atoms with van der Waals surface area (Å²) < 4.78 is 2.42. The summed E-state index contributed by atoms with van der Waals surface area (Å²) in [7, 11) is 2.00. The van der Waals surface area contributed by atoms with Crippen molar-refractivity contribution in [3.63, 3.8) is 0 Å². The Morgan fingerprint density at radius 1 is 0.920 bits per heavy atom. The number of hydrogen-bond donors (Lipinski definition) is 1. The zero-order valence-corrected chi connectivity index (χ0v) is 29.1. The van der Waals surface area contributed by atoms with Crippen molar-refractivity contribution in [2.24, 2.45) is 0 Å². The van der Waals surface area contributed by atoms with Crippen molar-refractivity contribution in [2.75, 3.05) is 11.9 Å². The van der Waals surface area contributed by atoms with E-state index in [-0.39, 0.29) is 11.5 Å². The van der Waals surface area contributed by atoms with Crippen LogP contribution in [0.1, 0.15) is 59.2 Å². The first kappa shape index (κ1) is 31.6. The van der Waals surface area contributed by atoms with Crippen LogP contribution in [0, 0.1) is 18.3 Å². The molecule has 0 bridgehead atoms. The van der Waals surface area contributed by atoms with Gasteiger partial charge in [0.1, 0.15) is 0 Å². The van der Waals surface area contributed by atoms with Crippen molar-refractivity contribution in [1.29, 1.82) is 5.26 Å². The zero-order valence-electron chi connectivity index (χ0n) is 29.1. The first-order chi connectivity index (χ1) is 24.5. The van der Waals surface area contributed by atoms with Crippen LogP contribution >= 0.6 is 0 Å². The van der Waals surface area contributed by atoms with E-state index in [9.17, 15) is 5.26 Å². The highest BCUT2D eigenvalue weighted by Gasteiger charge is 2.44. The SMILES string of the molecule is C=Cc1c(C)c2ccccc2n1-c1c(-c2ccc(N3Cc4ccc(C#N)cc4[C@H]4C=CCC[C@]43C)cc2)cccc1-c1ccccc1CNC. The molecule has 0 saturated carbocycles. The molecule has 1 aliphatic heterocycles. The highest BCUT2D eigenvalue weighted by atomic mass is 15.2. The van der Waals surface area contributed by atoms with Gasteiger partial charge >= 0.3 is 0 Å². The summed E-state index contributed by atoms with van der Waals surface area (Å²) >= 11 is 0. The number of nitriles is 1. The van der Waals surface area contributed by atoms with E-state index >= 15 is 0 Å². The Labute approximate surface area is 295 Å². The van der Waals surface area contributed by atoms with Crippen molar-refractivity contribution in [1.82, 2.24) is 9.88 Å². The van der Waals surface area contributed by atoms with E-state index in [1.54, 1.807) is 0 Å². The average Bonchev–Trinajstić information content (AvgIpc) is 3.45. The molecule has 0 radical (unpaired) electrons. The molecule has 2 aliphatic rings. The summed E-state index contributed by atoms with van der Waals surface area (Å²) in [6.45, 7) is 10.5. The molecule has 5 aromatic carbocycles. The topological polar surface area (TPSA) is 44.0 Å². The van der Waals surface area contributed by atoms with Crippen molar-refractivity contribution >= 4 is 22.7 Å². The Morgan fingerprint density at radius 2 is 1.68 bits per heavy atom. The smallest absolute Gasteiger partial charge is 0.0991 e. The lowest BCUT2D eigenvalue weighted by Crippen LogP contribution is -2.54. The van der Waals surface area contributed by atoms with Crippen molar-refractivity contribution in [2.45, 2.75) is 51.2 Å². The number of allylic oxidation sites excluding steroid dienone is 1. The number of nitrogens with zero attached hydrogens (tertiary/aromatic N) is 3. The maximum absolute atomic E-state index is 9.66. The molecule has 8 rings (SSSR count). The van der Waals surface area contributed by atoms with E-state index in [0.717, 1.165) is 42.9 Å². The normalized spacial score (nSPS) is 18.0. The van der Waals surface area contributed by atoms with Gasteiger partial charge in [-0.25, -0.2) is 0 Å². The molecule has 0 amide bonds.